The maximum absolute atomic E-state index is 11.9. The topological polar surface area (TPSA) is 93.5 Å². The Bertz CT molecular complexity index is 509. The number of ether oxygens (including phenoxy) is 1. The Morgan fingerprint density at radius 3 is 2.52 bits per heavy atom. The van der Waals surface area contributed by atoms with Crippen molar-refractivity contribution in [2.75, 3.05) is 12.8 Å². The summed E-state index contributed by atoms with van der Waals surface area (Å²) < 4.78 is 5.17. The number of anilines is 1. The molecule has 1 rings (SSSR count). The van der Waals surface area contributed by atoms with Gasteiger partial charge in [-0.15, -0.1) is 0 Å². The third-order valence-corrected chi connectivity index (χ3v) is 2.64. The highest BCUT2D eigenvalue weighted by Gasteiger charge is 2.23. The Balaban J connectivity index is 2.77. The molecule has 0 heterocycles. The second-order valence-electron chi connectivity index (χ2n) is 5.76. The molecule has 0 aromatic heterocycles. The van der Waals surface area contributed by atoms with Gasteiger partial charge in [0.1, 0.15) is 11.6 Å². The number of rotatable bonds is 4. The smallest absolute Gasteiger partial charge is 0.408 e. The molecule has 0 saturated heterocycles. The van der Waals surface area contributed by atoms with E-state index >= 15 is 0 Å². The van der Waals surface area contributed by atoms with Gasteiger partial charge in [-0.25, -0.2) is 4.79 Å². The first-order valence-electron chi connectivity index (χ1n) is 6.77. The number of carbonyl (C=O) groups is 2. The van der Waals surface area contributed by atoms with Crippen LogP contribution < -0.4 is 16.4 Å². The molecular weight excluding hydrogens is 270 g/mol. The molecule has 1 aromatic carbocycles. The standard InChI is InChI=1S/C15H23N3O3/c1-15(2,3)21-14(20)18-12(13(19)17-4)9-10-6-5-7-11(16)8-10/h5-8,12H,9,16H2,1-4H3,(H,17,19)(H,18,20)/t12-/m0/s1. The highest BCUT2D eigenvalue weighted by Crippen LogP contribution is 2.11. The number of benzene rings is 1. The van der Waals surface area contributed by atoms with E-state index in [1.165, 1.54) is 7.05 Å². The van der Waals surface area contributed by atoms with Crippen molar-refractivity contribution in [1.29, 1.82) is 0 Å². The van der Waals surface area contributed by atoms with Gasteiger partial charge in [0.25, 0.3) is 0 Å². The van der Waals surface area contributed by atoms with Gasteiger partial charge in [-0.1, -0.05) is 12.1 Å². The van der Waals surface area contributed by atoms with Crippen molar-refractivity contribution < 1.29 is 14.3 Å². The minimum Gasteiger partial charge on any atom is -0.444 e. The molecule has 6 heteroatoms. The number of alkyl carbamates (subject to hydrolysis) is 1. The number of hydrogen-bond donors (Lipinski definition) is 3. The Hall–Kier alpha value is -2.24. The van der Waals surface area contributed by atoms with Crippen molar-refractivity contribution in [3.8, 4) is 0 Å². The summed E-state index contributed by atoms with van der Waals surface area (Å²) >= 11 is 0. The zero-order valence-electron chi connectivity index (χ0n) is 12.9. The first-order chi connectivity index (χ1) is 9.71. The summed E-state index contributed by atoms with van der Waals surface area (Å²) in [4.78, 5) is 23.7. The molecule has 116 valence electrons. The first kappa shape index (κ1) is 16.8. The van der Waals surface area contributed by atoms with Crippen molar-refractivity contribution in [1.82, 2.24) is 10.6 Å². The molecule has 0 fully saturated rings. The first-order valence-corrected chi connectivity index (χ1v) is 6.77. The van der Waals surface area contributed by atoms with E-state index in [-0.39, 0.29) is 5.91 Å². The predicted molar refractivity (Wildman–Crippen MR) is 81.8 cm³/mol. The molecule has 6 nitrogen and oxygen atoms in total. The molecular formula is C15H23N3O3. The van der Waals surface area contributed by atoms with E-state index in [2.05, 4.69) is 10.6 Å². The minimum atomic E-state index is -0.716. The summed E-state index contributed by atoms with van der Waals surface area (Å²) in [6, 6.07) is 6.47. The third-order valence-electron chi connectivity index (χ3n) is 2.64. The molecule has 0 unspecified atom stereocenters. The van der Waals surface area contributed by atoms with Crippen molar-refractivity contribution in [2.45, 2.75) is 38.8 Å². The van der Waals surface area contributed by atoms with Crippen LogP contribution >= 0.6 is 0 Å². The summed E-state index contributed by atoms with van der Waals surface area (Å²) in [5.41, 5.74) is 6.57. The lowest BCUT2D eigenvalue weighted by Gasteiger charge is -2.23. The maximum Gasteiger partial charge on any atom is 0.408 e. The highest BCUT2D eigenvalue weighted by molar-refractivity contribution is 5.85. The molecule has 0 saturated carbocycles. The SMILES string of the molecule is CNC(=O)[C@H](Cc1cccc(N)c1)NC(=O)OC(C)(C)C. The van der Waals surface area contributed by atoms with Gasteiger partial charge in [0, 0.05) is 19.2 Å². The molecule has 4 N–H and O–H groups in total. The number of nitrogen functional groups attached to an aromatic ring is 1. The third kappa shape index (κ3) is 6.16. The monoisotopic (exact) mass is 293 g/mol. The molecule has 2 amide bonds. The van der Waals surface area contributed by atoms with Crippen LogP contribution in [0.2, 0.25) is 0 Å². The summed E-state index contributed by atoms with van der Waals surface area (Å²) in [6.07, 6.45) is -0.288. The minimum absolute atomic E-state index is 0.289. The van der Waals surface area contributed by atoms with Crippen LogP contribution in [0.1, 0.15) is 26.3 Å². The van der Waals surface area contributed by atoms with Crippen LogP contribution in [-0.2, 0) is 16.0 Å². The molecule has 21 heavy (non-hydrogen) atoms. The fourth-order valence-corrected chi connectivity index (χ4v) is 1.79. The lowest BCUT2D eigenvalue weighted by Crippen LogP contribution is -2.48. The zero-order chi connectivity index (χ0) is 16.0. The van der Waals surface area contributed by atoms with E-state index in [1.807, 2.05) is 6.07 Å². The van der Waals surface area contributed by atoms with E-state index in [0.29, 0.717) is 12.1 Å². The van der Waals surface area contributed by atoms with Gasteiger partial charge in [0.05, 0.1) is 0 Å². The maximum atomic E-state index is 11.9. The van der Waals surface area contributed by atoms with Crippen LogP contribution in [0, 0.1) is 0 Å². The van der Waals surface area contributed by atoms with Crippen LogP contribution in [0.3, 0.4) is 0 Å². The summed E-state index contributed by atoms with van der Waals surface area (Å²) in [7, 11) is 1.52. The number of nitrogens with one attached hydrogen (secondary N) is 2. The summed E-state index contributed by atoms with van der Waals surface area (Å²) in [5, 5.41) is 5.11. The van der Waals surface area contributed by atoms with Crippen molar-refractivity contribution in [3.63, 3.8) is 0 Å². The zero-order valence-corrected chi connectivity index (χ0v) is 12.9. The van der Waals surface area contributed by atoms with Crippen LogP contribution in [0.5, 0.6) is 0 Å². The summed E-state index contributed by atoms with van der Waals surface area (Å²) in [6.45, 7) is 5.29. The summed E-state index contributed by atoms with van der Waals surface area (Å²) in [5.74, 6) is -0.289. The van der Waals surface area contributed by atoms with Gasteiger partial charge in [-0.2, -0.15) is 0 Å². The molecule has 1 atom stereocenters. The van der Waals surface area contributed by atoms with Gasteiger partial charge < -0.3 is 21.1 Å². The molecule has 0 aliphatic rings. The molecule has 1 aromatic rings. The average molecular weight is 293 g/mol. The van der Waals surface area contributed by atoms with E-state index in [1.54, 1.807) is 39.0 Å². The van der Waals surface area contributed by atoms with Crippen LogP contribution in [0.15, 0.2) is 24.3 Å². The molecule has 0 aliphatic carbocycles. The predicted octanol–water partition coefficient (Wildman–Crippen LogP) is 1.45. The van der Waals surface area contributed by atoms with E-state index < -0.39 is 17.7 Å². The number of nitrogens with two attached hydrogens (primary N) is 1. The second kappa shape index (κ2) is 6.97. The Labute approximate surface area is 125 Å². The number of amides is 2. The van der Waals surface area contributed by atoms with Gasteiger partial charge in [-0.3, -0.25) is 4.79 Å². The Morgan fingerprint density at radius 1 is 1.33 bits per heavy atom. The van der Waals surface area contributed by atoms with Crippen LogP contribution in [0.25, 0.3) is 0 Å². The van der Waals surface area contributed by atoms with Crippen molar-refractivity contribution in [2.24, 2.45) is 0 Å². The van der Waals surface area contributed by atoms with E-state index in [9.17, 15) is 9.59 Å². The normalized spacial score (nSPS) is 12.4. The lowest BCUT2D eigenvalue weighted by atomic mass is 10.0. The lowest BCUT2D eigenvalue weighted by molar-refractivity contribution is -0.122. The average Bonchev–Trinajstić information content (AvgIpc) is 2.34. The Kier molecular flexibility index (Phi) is 5.58. The fourth-order valence-electron chi connectivity index (χ4n) is 1.79. The second-order valence-corrected chi connectivity index (χ2v) is 5.76. The van der Waals surface area contributed by atoms with Gasteiger partial charge in [0.15, 0.2) is 0 Å². The van der Waals surface area contributed by atoms with E-state index in [4.69, 9.17) is 10.5 Å². The van der Waals surface area contributed by atoms with Gasteiger partial charge >= 0.3 is 6.09 Å². The highest BCUT2D eigenvalue weighted by atomic mass is 16.6. The molecule has 0 bridgehead atoms. The van der Waals surface area contributed by atoms with Gasteiger partial charge in [0.2, 0.25) is 5.91 Å². The van der Waals surface area contributed by atoms with Crippen molar-refractivity contribution >= 4 is 17.7 Å². The quantitative estimate of drug-likeness (QED) is 0.732. The number of carbonyl (C=O) groups excluding carboxylic acids is 2. The van der Waals surface area contributed by atoms with Gasteiger partial charge in [-0.05, 0) is 38.5 Å². The fraction of sp³-hybridized carbons (Fsp3) is 0.467. The molecule has 0 spiro atoms. The largest absolute Gasteiger partial charge is 0.444 e. The number of hydrogen-bond acceptors (Lipinski definition) is 4. The molecule has 0 radical (unpaired) electrons. The van der Waals surface area contributed by atoms with Crippen molar-refractivity contribution in [3.05, 3.63) is 29.8 Å². The van der Waals surface area contributed by atoms with E-state index in [0.717, 1.165) is 5.56 Å². The van der Waals surface area contributed by atoms with Crippen LogP contribution in [0.4, 0.5) is 10.5 Å². The Morgan fingerprint density at radius 2 is 2.00 bits per heavy atom. The number of likely N-dealkylation sites (N-methyl/N-ethyl adjacent to an activating group) is 1. The van der Waals surface area contributed by atoms with Crippen LogP contribution in [-0.4, -0.2) is 30.7 Å². The molecule has 0 aliphatic heterocycles.